The van der Waals surface area contributed by atoms with E-state index >= 15 is 0 Å². The predicted octanol–water partition coefficient (Wildman–Crippen LogP) is 4.27. The van der Waals surface area contributed by atoms with Gasteiger partial charge in [-0.1, -0.05) is 36.4 Å². The van der Waals surface area contributed by atoms with E-state index in [9.17, 15) is 14.9 Å². The van der Waals surface area contributed by atoms with Gasteiger partial charge in [0.25, 0.3) is 5.91 Å². The van der Waals surface area contributed by atoms with Crippen LogP contribution in [0.25, 0.3) is 0 Å². The molecule has 0 unspecified atom stereocenters. The second-order valence-electron chi connectivity index (χ2n) is 6.70. The van der Waals surface area contributed by atoms with Gasteiger partial charge in [-0.05, 0) is 42.7 Å². The van der Waals surface area contributed by atoms with Crippen molar-refractivity contribution in [3.63, 3.8) is 0 Å². The Morgan fingerprint density at radius 2 is 1.87 bits per heavy atom. The molecule has 1 amide bonds. The number of benzene rings is 2. The minimum atomic E-state index is -0.531. The van der Waals surface area contributed by atoms with E-state index in [0.717, 1.165) is 11.1 Å². The van der Waals surface area contributed by atoms with Gasteiger partial charge in [0, 0.05) is 37.1 Å². The van der Waals surface area contributed by atoms with Gasteiger partial charge in [0.15, 0.2) is 5.75 Å². The van der Waals surface area contributed by atoms with Crippen LogP contribution in [-0.2, 0) is 13.0 Å². The third-order valence-corrected chi connectivity index (χ3v) is 4.60. The van der Waals surface area contributed by atoms with Crippen molar-refractivity contribution < 1.29 is 14.5 Å². The van der Waals surface area contributed by atoms with Crippen LogP contribution in [-0.4, -0.2) is 33.9 Å². The Labute approximate surface area is 175 Å². The lowest BCUT2D eigenvalue weighted by Crippen LogP contribution is -2.32. The standard InChI is InChI=1S/C23H23N3O4/c1-2-30-22-11-10-20(15-21(22)26(28)29)23(27)25(17-19-9-6-13-24-16-19)14-12-18-7-4-3-5-8-18/h3-11,13,15-16H,2,12,14,17H2,1H3. The first-order valence-electron chi connectivity index (χ1n) is 9.72. The number of hydrogen-bond acceptors (Lipinski definition) is 5. The fraction of sp³-hybridized carbons (Fsp3) is 0.217. The van der Waals surface area contributed by atoms with E-state index in [4.69, 9.17) is 4.74 Å². The molecule has 1 aromatic heterocycles. The van der Waals surface area contributed by atoms with Gasteiger partial charge >= 0.3 is 5.69 Å². The highest BCUT2D eigenvalue weighted by atomic mass is 16.6. The van der Waals surface area contributed by atoms with Gasteiger partial charge in [-0.25, -0.2) is 0 Å². The zero-order valence-electron chi connectivity index (χ0n) is 16.7. The Kier molecular flexibility index (Phi) is 7.10. The molecular weight excluding hydrogens is 382 g/mol. The van der Waals surface area contributed by atoms with E-state index in [-0.39, 0.29) is 22.9 Å². The van der Waals surface area contributed by atoms with Gasteiger partial charge in [-0.2, -0.15) is 0 Å². The van der Waals surface area contributed by atoms with Crippen LogP contribution in [0.3, 0.4) is 0 Å². The molecule has 3 aromatic rings. The molecule has 7 heteroatoms. The monoisotopic (exact) mass is 405 g/mol. The molecule has 7 nitrogen and oxygen atoms in total. The molecule has 154 valence electrons. The lowest BCUT2D eigenvalue weighted by molar-refractivity contribution is -0.385. The molecule has 30 heavy (non-hydrogen) atoms. The van der Waals surface area contributed by atoms with Gasteiger partial charge in [0.2, 0.25) is 0 Å². The van der Waals surface area contributed by atoms with Crippen LogP contribution in [0.1, 0.15) is 28.4 Å². The summed E-state index contributed by atoms with van der Waals surface area (Å²) < 4.78 is 5.32. The van der Waals surface area contributed by atoms with Crippen molar-refractivity contribution in [2.45, 2.75) is 19.9 Å². The largest absolute Gasteiger partial charge is 0.487 e. The number of nitro benzene ring substituents is 1. The average Bonchev–Trinajstić information content (AvgIpc) is 2.78. The normalized spacial score (nSPS) is 10.4. The Hall–Kier alpha value is -3.74. The fourth-order valence-electron chi connectivity index (χ4n) is 3.13. The minimum Gasteiger partial charge on any atom is -0.487 e. The molecule has 0 fully saturated rings. The number of amides is 1. The molecule has 0 radical (unpaired) electrons. The van der Waals surface area contributed by atoms with E-state index < -0.39 is 4.92 Å². The van der Waals surface area contributed by atoms with Crippen LogP contribution in [0.5, 0.6) is 5.75 Å². The van der Waals surface area contributed by atoms with E-state index in [2.05, 4.69) is 4.98 Å². The molecule has 3 rings (SSSR count). The van der Waals surface area contributed by atoms with Crippen LogP contribution in [0.4, 0.5) is 5.69 Å². The number of pyridine rings is 1. The van der Waals surface area contributed by atoms with Crippen molar-refractivity contribution in [3.05, 3.63) is 99.9 Å². The Bertz CT molecular complexity index is 994. The van der Waals surface area contributed by atoms with Crippen LogP contribution in [0, 0.1) is 10.1 Å². The molecule has 0 bridgehead atoms. The highest BCUT2D eigenvalue weighted by Gasteiger charge is 2.22. The highest BCUT2D eigenvalue weighted by Crippen LogP contribution is 2.28. The number of rotatable bonds is 9. The first kappa shape index (κ1) is 21.0. The third-order valence-electron chi connectivity index (χ3n) is 4.60. The van der Waals surface area contributed by atoms with Gasteiger partial charge in [0.05, 0.1) is 11.5 Å². The quantitative estimate of drug-likeness (QED) is 0.392. The molecular formula is C23H23N3O4. The lowest BCUT2D eigenvalue weighted by Gasteiger charge is -2.23. The summed E-state index contributed by atoms with van der Waals surface area (Å²) in [6.07, 6.45) is 4.06. The summed E-state index contributed by atoms with van der Waals surface area (Å²) >= 11 is 0. The summed E-state index contributed by atoms with van der Waals surface area (Å²) in [5.74, 6) is -0.122. The second-order valence-corrected chi connectivity index (χ2v) is 6.70. The van der Waals surface area contributed by atoms with Crippen LogP contribution < -0.4 is 4.74 Å². The third kappa shape index (κ3) is 5.41. The van der Waals surface area contributed by atoms with Crippen molar-refractivity contribution in [2.75, 3.05) is 13.2 Å². The minimum absolute atomic E-state index is 0.155. The predicted molar refractivity (Wildman–Crippen MR) is 113 cm³/mol. The summed E-state index contributed by atoms with van der Waals surface area (Å²) in [6.45, 7) is 2.89. The van der Waals surface area contributed by atoms with Gasteiger partial charge in [0.1, 0.15) is 0 Å². The van der Waals surface area contributed by atoms with Crippen molar-refractivity contribution >= 4 is 11.6 Å². The summed E-state index contributed by atoms with van der Waals surface area (Å²) in [6, 6.07) is 17.9. The molecule has 0 aliphatic carbocycles. The zero-order chi connectivity index (χ0) is 21.3. The summed E-state index contributed by atoms with van der Waals surface area (Å²) in [5.41, 5.74) is 2.03. The maximum absolute atomic E-state index is 13.3. The maximum atomic E-state index is 13.3. The van der Waals surface area contributed by atoms with E-state index in [1.807, 2.05) is 42.5 Å². The maximum Gasteiger partial charge on any atom is 0.311 e. The fourth-order valence-corrected chi connectivity index (χ4v) is 3.13. The van der Waals surface area contributed by atoms with Gasteiger partial charge in [-0.3, -0.25) is 19.9 Å². The van der Waals surface area contributed by atoms with Crippen molar-refractivity contribution in [1.29, 1.82) is 0 Å². The summed E-state index contributed by atoms with van der Waals surface area (Å²) in [5, 5.41) is 11.4. The molecule has 2 aromatic carbocycles. The Morgan fingerprint density at radius 1 is 1.10 bits per heavy atom. The molecule has 0 spiro atoms. The molecule has 0 saturated carbocycles. The zero-order valence-corrected chi connectivity index (χ0v) is 16.7. The first-order valence-corrected chi connectivity index (χ1v) is 9.72. The van der Waals surface area contributed by atoms with Crippen LogP contribution >= 0.6 is 0 Å². The molecule has 0 atom stereocenters. The Balaban J connectivity index is 1.86. The van der Waals surface area contributed by atoms with E-state index in [1.54, 1.807) is 30.3 Å². The topological polar surface area (TPSA) is 85.6 Å². The highest BCUT2D eigenvalue weighted by molar-refractivity contribution is 5.95. The van der Waals surface area contributed by atoms with Crippen molar-refractivity contribution in [1.82, 2.24) is 9.88 Å². The molecule has 0 saturated heterocycles. The number of hydrogen-bond donors (Lipinski definition) is 0. The molecule has 0 N–H and O–H groups in total. The number of carbonyl (C=O) groups is 1. The lowest BCUT2D eigenvalue weighted by atomic mass is 10.1. The first-order chi connectivity index (χ1) is 14.6. The number of aromatic nitrogens is 1. The second kappa shape index (κ2) is 10.2. The average molecular weight is 405 g/mol. The number of ether oxygens (including phenoxy) is 1. The van der Waals surface area contributed by atoms with Crippen molar-refractivity contribution in [3.8, 4) is 5.75 Å². The van der Waals surface area contributed by atoms with Crippen LogP contribution in [0.2, 0.25) is 0 Å². The Morgan fingerprint density at radius 3 is 2.53 bits per heavy atom. The number of nitrogens with zero attached hydrogens (tertiary/aromatic N) is 3. The molecule has 1 heterocycles. The molecule has 0 aliphatic rings. The smallest absolute Gasteiger partial charge is 0.311 e. The van der Waals surface area contributed by atoms with E-state index in [1.165, 1.54) is 12.1 Å². The molecule has 0 aliphatic heterocycles. The summed E-state index contributed by atoms with van der Waals surface area (Å²) in [7, 11) is 0. The van der Waals surface area contributed by atoms with Crippen molar-refractivity contribution in [2.24, 2.45) is 0 Å². The SMILES string of the molecule is CCOc1ccc(C(=O)N(CCc2ccccc2)Cc2cccnc2)cc1[N+](=O)[O-]. The number of carbonyl (C=O) groups excluding carboxylic acids is 1. The van der Waals surface area contributed by atoms with Gasteiger partial charge < -0.3 is 9.64 Å². The summed E-state index contributed by atoms with van der Waals surface area (Å²) in [4.78, 5) is 30.0. The van der Waals surface area contributed by atoms with Crippen LogP contribution in [0.15, 0.2) is 73.1 Å². The van der Waals surface area contributed by atoms with Gasteiger partial charge in [-0.15, -0.1) is 0 Å². The van der Waals surface area contributed by atoms with E-state index in [0.29, 0.717) is 26.1 Å². The number of nitro groups is 1.